The lowest BCUT2D eigenvalue weighted by molar-refractivity contribution is -0.138. The Hall–Kier alpha value is -3.59. The van der Waals surface area contributed by atoms with Crippen LogP contribution in [0.5, 0.6) is 0 Å². The second-order valence-corrected chi connectivity index (χ2v) is 6.86. The van der Waals surface area contributed by atoms with Gasteiger partial charge in [-0.25, -0.2) is 9.37 Å². The number of aromatic nitrogens is 1. The lowest BCUT2D eigenvalue weighted by Gasteiger charge is -2.30. The van der Waals surface area contributed by atoms with Crippen LogP contribution in [0.4, 0.5) is 28.9 Å². The lowest BCUT2D eigenvalue weighted by atomic mass is 10.1. The highest BCUT2D eigenvalue weighted by molar-refractivity contribution is 7.81. The van der Waals surface area contributed by atoms with Gasteiger partial charge in [0, 0.05) is 18.7 Å². The molecule has 0 bridgehead atoms. The summed E-state index contributed by atoms with van der Waals surface area (Å²) < 4.78 is 54.2. The fraction of sp³-hybridized carbons (Fsp3) is 0.211. The van der Waals surface area contributed by atoms with E-state index in [1.807, 2.05) is 0 Å². The largest absolute Gasteiger partial charge is 0.419 e. The number of anilines is 2. The molecule has 1 aliphatic heterocycles. The van der Waals surface area contributed by atoms with Crippen molar-refractivity contribution in [1.29, 1.82) is 5.26 Å². The summed E-state index contributed by atoms with van der Waals surface area (Å²) in [5.41, 5.74) is 2.51. The number of halogens is 4. The Morgan fingerprint density at radius 2 is 1.97 bits per heavy atom. The topological polar surface area (TPSA) is 103 Å². The molecule has 7 nitrogen and oxygen atoms in total. The number of carbonyl (C=O) groups is 2. The van der Waals surface area contributed by atoms with Crippen LogP contribution in [0, 0.1) is 17.1 Å². The fourth-order valence-electron chi connectivity index (χ4n) is 3.07. The number of nitrogens with two attached hydrogens (primary N) is 1. The molecule has 2 aromatic rings. The number of nitrogens with zero attached hydrogens (tertiary/aromatic N) is 4. The average Bonchev–Trinajstić information content (AvgIpc) is 2.84. The summed E-state index contributed by atoms with van der Waals surface area (Å²) in [4.78, 5) is 29.6. The maximum Gasteiger partial charge on any atom is 0.419 e. The maximum absolute atomic E-state index is 14.2. The van der Waals surface area contributed by atoms with Crippen LogP contribution >= 0.6 is 12.2 Å². The number of thiocarbonyl (C=S) groups is 1. The van der Waals surface area contributed by atoms with Gasteiger partial charge < -0.3 is 10.6 Å². The molecule has 1 aromatic carbocycles. The number of alkyl halides is 3. The molecule has 2 amide bonds. The van der Waals surface area contributed by atoms with Gasteiger partial charge in [0.2, 0.25) is 5.91 Å². The zero-order valence-electron chi connectivity index (χ0n) is 15.6. The predicted octanol–water partition coefficient (Wildman–Crippen LogP) is 3.13. The number of primary amides is 1. The molecule has 0 radical (unpaired) electrons. The van der Waals surface area contributed by atoms with E-state index in [1.54, 1.807) is 0 Å². The van der Waals surface area contributed by atoms with Crippen LogP contribution in [0.2, 0.25) is 0 Å². The van der Waals surface area contributed by atoms with E-state index in [1.165, 1.54) is 17.0 Å². The number of amides is 2. The normalized spacial score (nSPS) is 14.9. The van der Waals surface area contributed by atoms with E-state index in [0.29, 0.717) is 6.07 Å². The van der Waals surface area contributed by atoms with E-state index in [9.17, 15) is 27.2 Å². The molecule has 160 valence electrons. The average molecular weight is 451 g/mol. The first-order valence-corrected chi connectivity index (χ1v) is 9.16. The Balaban J connectivity index is 2.06. The van der Waals surface area contributed by atoms with Gasteiger partial charge in [0.1, 0.15) is 11.9 Å². The van der Waals surface area contributed by atoms with Crippen molar-refractivity contribution in [3.05, 3.63) is 53.1 Å². The highest BCUT2D eigenvalue weighted by Gasteiger charge is 2.37. The summed E-state index contributed by atoms with van der Waals surface area (Å²) in [6, 6.07) is 5.50. The van der Waals surface area contributed by atoms with Crippen LogP contribution in [0.25, 0.3) is 0 Å². The third-order valence-corrected chi connectivity index (χ3v) is 4.92. The predicted molar refractivity (Wildman–Crippen MR) is 106 cm³/mol. The van der Waals surface area contributed by atoms with Crippen molar-refractivity contribution in [3.8, 4) is 6.07 Å². The molecule has 0 aliphatic carbocycles. The molecular weight excluding hydrogens is 438 g/mol. The first-order valence-electron chi connectivity index (χ1n) is 8.75. The van der Waals surface area contributed by atoms with E-state index in [-0.39, 0.29) is 41.4 Å². The maximum atomic E-state index is 14.2. The Morgan fingerprint density at radius 3 is 2.55 bits per heavy atom. The minimum atomic E-state index is -4.88. The molecule has 2 N–H and O–H groups in total. The van der Waals surface area contributed by atoms with Gasteiger partial charge in [0.05, 0.1) is 23.0 Å². The quantitative estimate of drug-likeness (QED) is 0.568. The standard InChI is InChI=1S/C19H13F4N5O2S/c20-14-7-10(3-4-12(14)17(25)30)27-5-1-2-16(29)28(18(27)31)11-6-13(19(21,22)23)15(8-24)26-9-11/h3-4,6-7,9H,1-2,5H2,(H2,25,30). The van der Waals surface area contributed by atoms with Gasteiger partial charge in [0.25, 0.3) is 5.91 Å². The summed E-state index contributed by atoms with van der Waals surface area (Å²) in [6.45, 7) is 0.173. The van der Waals surface area contributed by atoms with Crippen LogP contribution in [-0.4, -0.2) is 28.5 Å². The smallest absolute Gasteiger partial charge is 0.366 e. The van der Waals surface area contributed by atoms with E-state index in [2.05, 4.69) is 4.98 Å². The minimum Gasteiger partial charge on any atom is -0.366 e. The second kappa shape index (κ2) is 8.27. The molecule has 1 aliphatic rings. The summed E-state index contributed by atoms with van der Waals surface area (Å²) >= 11 is 5.34. The van der Waals surface area contributed by atoms with Crippen molar-refractivity contribution in [2.24, 2.45) is 5.73 Å². The van der Waals surface area contributed by atoms with Gasteiger partial charge in [-0.2, -0.15) is 18.4 Å². The van der Waals surface area contributed by atoms with Crippen LogP contribution in [0.3, 0.4) is 0 Å². The second-order valence-electron chi connectivity index (χ2n) is 6.49. The third-order valence-electron chi connectivity index (χ3n) is 4.52. The van der Waals surface area contributed by atoms with Gasteiger partial charge >= 0.3 is 6.18 Å². The van der Waals surface area contributed by atoms with Gasteiger partial charge in [-0.3, -0.25) is 14.5 Å². The van der Waals surface area contributed by atoms with Gasteiger partial charge in [0.15, 0.2) is 10.8 Å². The number of carbonyl (C=O) groups excluding carboxylic acids is 2. The summed E-state index contributed by atoms with van der Waals surface area (Å²) in [5.74, 6) is -2.46. The third kappa shape index (κ3) is 4.31. The Bertz CT molecular complexity index is 1130. The SMILES string of the molecule is N#Cc1ncc(N2C(=O)CCCN(c3ccc(C(N)=O)c(F)c3)C2=S)cc1C(F)(F)F. The van der Waals surface area contributed by atoms with Gasteiger partial charge in [-0.05, 0) is 42.9 Å². The van der Waals surface area contributed by atoms with Crippen LogP contribution in [0.1, 0.15) is 34.5 Å². The molecule has 1 fully saturated rings. The number of hydrogen-bond donors (Lipinski definition) is 1. The zero-order chi connectivity index (χ0) is 22.9. The van der Waals surface area contributed by atoms with Crippen molar-refractivity contribution < 1.29 is 27.2 Å². The van der Waals surface area contributed by atoms with E-state index >= 15 is 0 Å². The first kappa shape index (κ1) is 22.1. The first-order chi connectivity index (χ1) is 14.5. The minimum absolute atomic E-state index is 0.0418. The van der Waals surface area contributed by atoms with Gasteiger partial charge in [-0.1, -0.05) is 0 Å². The van der Waals surface area contributed by atoms with Crippen molar-refractivity contribution in [2.75, 3.05) is 16.3 Å². The highest BCUT2D eigenvalue weighted by Crippen LogP contribution is 2.34. The van der Waals surface area contributed by atoms with Crippen LogP contribution in [-0.2, 0) is 11.0 Å². The zero-order valence-corrected chi connectivity index (χ0v) is 16.4. The number of benzene rings is 1. The molecule has 0 atom stereocenters. The van der Waals surface area contributed by atoms with Crippen molar-refractivity contribution >= 4 is 40.5 Å². The van der Waals surface area contributed by atoms with Crippen molar-refractivity contribution in [1.82, 2.24) is 4.98 Å². The number of nitriles is 1. The Morgan fingerprint density at radius 1 is 1.26 bits per heavy atom. The molecular formula is C19H13F4N5O2S. The summed E-state index contributed by atoms with van der Waals surface area (Å²) in [5, 5.41) is 8.71. The van der Waals surface area contributed by atoms with Gasteiger partial charge in [-0.15, -0.1) is 0 Å². The number of pyridine rings is 1. The molecule has 2 heterocycles. The lowest BCUT2D eigenvalue weighted by Crippen LogP contribution is -2.44. The van der Waals surface area contributed by atoms with Crippen LogP contribution < -0.4 is 15.5 Å². The summed E-state index contributed by atoms with van der Waals surface area (Å²) in [6.07, 6.45) is -3.69. The van der Waals surface area contributed by atoms with Crippen molar-refractivity contribution in [2.45, 2.75) is 19.0 Å². The Kier molecular flexibility index (Phi) is 5.90. The van der Waals surface area contributed by atoms with E-state index < -0.39 is 35.1 Å². The Labute approximate surface area is 178 Å². The molecule has 31 heavy (non-hydrogen) atoms. The molecule has 0 unspecified atom stereocenters. The molecule has 12 heteroatoms. The fourth-order valence-corrected chi connectivity index (χ4v) is 3.47. The highest BCUT2D eigenvalue weighted by atomic mass is 32.1. The summed E-state index contributed by atoms with van der Waals surface area (Å²) in [7, 11) is 0. The molecule has 0 spiro atoms. The number of hydrogen-bond acceptors (Lipinski definition) is 5. The molecule has 1 saturated heterocycles. The van der Waals surface area contributed by atoms with Crippen LogP contribution in [0.15, 0.2) is 30.5 Å². The van der Waals surface area contributed by atoms with E-state index in [0.717, 1.165) is 23.2 Å². The number of rotatable bonds is 3. The molecule has 3 rings (SSSR count). The molecule has 0 saturated carbocycles. The van der Waals surface area contributed by atoms with Crippen molar-refractivity contribution in [3.63, 3.8) is 0 Å². The monoisotopic (exact) mass is 451 g/mol. The molecule has 1 aromatic heterocycles. The van der Waals surface area contributed by atoms with E-state index in [4.69, 9.17) is 23.2 Å².